The highest BCUT2D eigenvalue weighted by Gasteiger charge is 2.12. The number of benzene rings is 2. The highest BCUT2D eigenvalue weighted by Crippen LogP contribution is 2.25. The van der Waals surface area contributed by atoms with Crippen LogP contribution in [0, 0.1) is 11.6 Å². The van der Waals surface area contributed by atoms with Crippen LogP contribution in [-0.2, 0) is 0 Å². The predicted molar refractivity (Wildman–Crippen MR) is 77.9 cm³/mol. The van der Waals surface area contributed by atoms with Crippen molar-refractivity contribution in [2.75, 3.05) is 5.75 Å². The second-order valence-corrected chi connectivity index (χ2v) is 5.80. The summed E-state index contributed by atoms with van der Waals surface area (Å²) in [6.07, 6.45) is 0. The first kappa shape index (κ1) is 15.3. The number of rotatable bonds is 4. The van der Waals surface area contributed by atoms with Crippen LogP contribution in [0.15, 0.2) is 41.3 Å². The molecule has 0 saturated carbocycles. The van der Waals surface area contributed by atoms with E-state index < -0.39 is 11.6 Å². The quantitative estimate of drug-likeness (QED) is 0.562. The van der Waals surface area contributed by atoms with E-state index in [1.165, 1.54) is 12.1 Å². The van der Waals surface area contributed by atoms with Crippen molar-refractivity contribution in [2.45, 2.75) is 4.90 Å². The monoisotopic (exact) mass is 332 g/mol. The molecule has 0 heterocycles. The molecule has 0 radical (unpaired) electrons. The van der Waals surface area contributed by atoms with Crippen LogP contribution >= 0.6 is 35.0 Å². The lowest BCUT2D eigenvalue weighted by Gasteiger charge is -2.05. The molecule has 2 rings (SSSR count). The molecular formula is C14H8Cl2F2OS. The van der Waals surface area contributed by atoms with Gasteiger partial charge in [0.15, 0.2) is 17.4 Å². The van der Waals surface area contributed by atoms with Crippen LogP contribution in [0.1, 0.15) is 10.4 Å². The Balaban J connectivity index is 2.08. The zero-order chi connectivity index (χ0) is 14.7. The fourth-order valence-corrected chi connectivity index (χ4v) is 2.70. The number of hydrogen-bond acceptors (Lipinski definition) is 2. The number of carbonyl (C=O) groups excluding carboxylic acids is 1. The van der Waals surface area contributed by atoms with Crippen LogP contribution in [0.4, 0.5) is 8.78 Å². The highest BCUT2D eigenvalue weighted by atomic mass is 35.5. The van der Waals surface area contributed by atoms with E-state index in [1.54, 1.807) is 12.1 Å². The molecule has 20 heavy (non-hydrogen) atoms. The van der Waals surface area contributed by atoms with Crippen molar-refractivity contribution in [2.24, 2.45) is 0 Å². The van der Waals surface area contributed by atoms with Crippen LogP contribution in [0.3, 0.4) is 0 Å². The predicted octanol–water partition coefficient (Wildman–Crippen LogP) is 5.25. The van der Waals surface area contributed by atoms with Crippen molar-refractivity contribution in [3.8, 4) is 0 Å². The van der Waals surface area contributed by atoms with E-state index in [2.05, 4.69) is 0 Å². The van der Waals surface area contributed by atoms with E-state index in [0.717, 1.165) is 23.9 Å². The van der Waals surface area contributed by atoms with Gasteiger partial charge in [0, 0.05) is 15.5 Å². The van der Waals surface area contributed by atoms with Gasteiger partial charge in [-0.1, -0.05) is 23.2 Å². The molecule has 104 valence electrons. The van der Waals surface area contributed by atoms with E-state index >= 15 is 0 Å². The number of hydrogen-bond donors (Lipinski definition) is 0. The Kier molecular flexibility index (Phi) is 5.02. The summed E-state index contributed by atoms with van der Waals surface area (Å²) in [6, 6.07) is 8.10. The maximum atomic E-state index is 13.0. The minimum atomic E-state index is -0.941. The maximum Gasteiger partial charge on any atom is 0.174 e. The molecule has 2 aromatic carbocycles. The Morgan fingerprint density at radius 2 is 1.80 bits per heavy atom. The third-order valence-electron chi connectivity index (χ3n) is 2.49. The molecule has 0 aliphatic carbocycles. The minimum Gasteiger partial charge on any atom is -0.293 e. The smallest absolute Gasteiger partial charge is 0.174 e. The molecule has 0 aliphatic rings. The summed E-state index contributed by atoms with van der Waals surface area (Å²) in [5, 5.41) is 0.723. The summed E-state index contributed by atoms with van der Waals surface area (Å²) in [7, 11) is 0. The molecule has 0 saturated heterocycles. The molecule has 6 heteroatoms. The Hall–Kier alpha value is -1.10. The molecule has 0 spiro atoms. The molecule has 0 atom stereocenters. The molecule has 0 fully saturated rings. The van der Waals surface area contributed by atoms with Crippen molar-refractivity contribution in [3.63, 3.8) is 0 Å². The molecule has 0 unspecified atom stereocenters. The fraction of sp³-hybridized carbons (Fsp3) is 0.0714. The molecule has 0 N–H and O–H groups in total. The van der Waals surface area contributed by atoms with Gasteiger partial charge in [-0.05, 0) is 36.4 Å². The lowest BCUT2D eigenvalue weighted by atomic mass is 10.1. The van der Waals surface area contributed by atoms with Crippen molar-refractivity contribution >= 4 is 40.7 Å². The van der Waals surface area contributed by atoms with Crippen LogP contribution in [-0.4, -0.2) is 11.5 Å². The van der Waals surface area contributed by atoms with Crippen LogP contribution in [0.5, 0.6) is 0 Å². The van der Waals surface area contributed by atoms with Gasteiger partial charge in [0.1, 0.15) is 0 Å². The van der Waals surface area contributed by atoms with Crippen molar-refractivity contribution in [1.29, 1.82) is 0 Å². The van der Waals surface area contributed by atoms with Gasteiger partial charge in [-0.25, -0.2) is 8.78 Å². The number of carbonyl (C=O) groups is 1. The maximum absolute atomic E-state index is 13.0. The van der Waals surface area contributed by atoms with E-state index in [0.29, 0.717) is 20.5 Å². The largest absolute Gasteiger partial charge is 0.293 e. The summed E-state index contributed by atoms with van der Waals surface area (Å²) in [5.41, 5.74) is 0.314. The van der Waals surface area contributed by atoms with E-state index in [9.17, 15) is 13.6 Å². The standard InChI is InChI=1S/C14H8Cl2F2OS/c15-8-1-3-11(16)10(5-8)14(19)7-20-9-2-4-12(17)13(18)6-9/h1-6H,7H2. The van der Waals surface area contributed by atoms with Crippen molar-refractivity contribution in [3.05, 3.63) is 63.6 Å². The normalized spacial score (nSPS) is 10.6. The highest BCUT2D eigenvalue weighted by molar-refractivity contribution is 8.00. The molecular weight excluding hydrogens is 325 g/mol. The third-order valence-corrected chi connectivity index (χ3v) is 4.05. The zero-order valence-corrected chi connectivity index (χ0v) is 12.3. The van der Waals surface area contributed by atoms with Gasteiger partial charge < -0.3 is 0 Å². The second kappa shape index (κ2) is 6.57. The van der Waals surface area contributed by atoms with Gasteiger partial charge in [0.05, 0.1) is 10.8 Å². The molecule has 0 amide bonds. The van der Waals surface area contributed by atoms with Crippen LogP contribution < -0.4 is 0 Å². The average Bonchev–Trinajstić information content (AvgIpc) is 2.42. The molecule has 0 aliphatic heterocycles. The molecule has 0 aromatic heterocycles. The lowest BCUT2D eigenvalue weighted by Crippen LogP contribution is -2.03. The zero-order valence-electron chi connectivity index (χ0n) is 10.00. The lowest BCUT2D eigenvalue weighted by molar-refractivity contribution is 0.102. The summed E-state index contributed by atoms with van der Waals surface area (Å²) in [4.78, 5) is 12.5. The van der Waals surface area contributed by atoms with E-state index in [1.807, 2.05) is 0 Å². The summed E-state index contributed by atoms with van der Waals surface area (Å²) >= 11 is 12.8. The Morgan fingerprint density at radius 1 is 1.05 bits per heavy atom. The molecule has 2 aromatic rings. The molecule has 0 bridgehead atoms. The number of thioether (sulfide) groups is 1. The van der Waals surface area contributed by atoms with Gasteiger partial charge in [-0.15, -0.1) is 11.8 Å². The second-order valence-electron chi connectivity index (χ2n) is 3.91. The number of Topliss-reactive ketones (excluding diaryl/α,β-unsaturated/α-hetero) is 1. The fourth-order valence-electron chi connectivity index (χ4n) is 1.50. The minimum absolute atomic E-state index is 0.0606. The van der Waals surface area contributed by atoms with Gasteiger partial charge in [-0.2, -0.15) is 0 Å². The topological polar surface area (TPSA) is 17.1 Å². The van der Waals surface area contributed by atoms with Crippen LogP contribution in [0.25, 0.3) is 0 Å². The first-order chi connectivity index (χ1) is 9.47. The van der Waals surface area contributed by atoms with Gasteiger partial charge >= 0.3 is 0 Å². The van der Waals surface area contributed by atoms with Crippen molar-refractivity contribution < 1.29 is 13.6 Å². The summed E-state index contributed by atoms with van der Waals surface area (Å²) in [6.45, 7) is 0. The van der Waals surface area contributed by atoms with Crippen molar-refractivity contribution in [1.82, 2.24) is 0 Å². The first-order valence-corrected chi connectivity index (χ1v) is 7.27. The van der Waals surface area contributed by atoms with E-state index in [-0.39, 0.29) is 11.5 Å². The number of ketones is 1. The Bertz CT molecular complexity index is 662. The van der Waals surface area contributed by atoms with Gasteiger partial charge in [0.25, 0.3) is 0 Å². The number of halogens is 4. The first-order valence-electron chi connectivity index (χ1n) is 5.53. The van der Waals surface area contributed by atoms with Crippen LogP contribution in [0.2, 0.25) is 10.0 Å². The molecule has 1 nitrogen and oxygen atoms in total. The van der Waals surface area contributed by atoms with E-state index in [4.69, 9.17) is 23.2 Å². The SMILES string of the molecule is O=C(CSc1ccc(F)c(F)c1)c1cc(Cl)ccc1Cl. The average molecular weight is 333 g/mol. The van der Waals surface area contributed by atoms with Gasteiger partial charge in [0.2, 0.25) is 0 Å². The Morgan fingerprint density at radius 3 is 2.50 bits per heavy atom. The summed E-state index contributed by atoms with van der Waals surface area (Å²) < 4.78 is 25.8. The van der Waals surface area contributed by atoms with Gasteiger partial charge in [-0.3, -0.25) is 4.79 Å². The Labute approximate surface area is 128 Å². The summed E-state index contributed by atoms with van der Waals surface area (Å²) in [5.74, 6) is -2.03. The third kappa shape index (κ3) is 3.72.